The Kier molecular flexibility index (Phi) is 4.57. The highest BCUT2D eigenvalue weighted by Gasteiger charge is 2.09. The maximum absolute atomic E-state index is 11.3. The molecule has 0 aliphatic rings. The first-order valence-electron chi connectivity index (χ1n) is 7.18. The number of nitrogens with zero attached hydrogens (tertiary/aromatic N) is 1. The summed E-state index contributed by atoms with van der Waals surface area (Å²) in [7, 11) is 0. The molecule has 0 fully saturated rings. The van der Waals surface area contributed by atoms with Crippen LogP contribution in [0.1, 0.15) is 23.2 Å². The molecule has 0 aliphatic heterocycles. The molecule has 0 aliphatic carbocycles. The molecule has 0 amide bonds. The Labute approximate surface area is 142 Å². The molecule has 116 valence electrons. The SMILES string of the molecule is CC(=O)c1ccc(NCc2ncc(-c3ccccc3Br)o2)cc1. The maximum Gasteiger partial charge on any atom is 0.214 e. The van der Waals surface area contributed by atoms with Crippen molar-refractivity contribution in [3.8, 4) is 11.3 Å². The smallest absolute Gasteiger partial charge is 0.214 e. The predicted octanol–water partition coefficient (Wildman–Crippen LogP) is 4.92. The molecule has 2 aromatic carbocycles. The van der Waals surface area contributed by atoms with Gasteiger partial charge in [-0.25, -0.2) is 4.98 Å². The summed E-state index contributed by atoms with van der Waals surface area (Å²) in [6.45, 7) is 2.03. The van der Waals surface area contributed by atoms with Crippen molar-refractivity contribution < 1.29 is 9.21 Å². The second-order valence-electron chi connectivity index (χ2n) is 5.09. The molecule has 1 heterocycles. The maximum atomic E-state index is 11.3. The molecule has 0 bridgehead atoms. The van der Waals surface area contributed by atoms with Crippen LogP contribution in [0.3, 0.4) is 0 Å². The molecule has 5 heteroatoms. The monoisotopic (exact) mass is 370 g/mol. The minimum atomic E-state index is 0.0577. The molecular formula is C18H15BrN2O2. The predicted molar refractivity (Wildman–Crippen MR) is 93.4 cm³/mol. The molecule has 3 rings (SSSR count). The van der Waals surface area contributed by atoms with E-state index in [2.05, 4.69) is 26.2 Å². The number of hydrogen-bond donors (Lipinski definition) is 1. The fourth-order valence-corrected chi connectivity index (χ4v) is 2.66. The van der Waals surface area contributed by atoms with E-state index < -0.39 is 0 Å². The van der Waals surface area contributed by atoms with Crippen LogP contribution in [-0.2, 0) is 6.54 Å². The number of anilines is 1. The van der Waals surface area contributed by atoms with E-state index in [1.54, 1.807) is 25.3 Å². The summed E-state index contributed by atoms with van der Waals surface area (Å²) >= 11 is 3.51. The first kappa shape index (κ1) is 15.5. The Hall–Kier alpha value is -2.40. The largest absolute Gasteiger partial charge is 0.439 e. The van der Waals surface area contributed by atoms with Crippen LogP contribution in [0.5, 0.6) is 0 Å². The van der Waals surface area contributed by atoms with Crippen LogP contribution in [0, 0.1) is 0 Å². The minimum absolute atomic E-state index is 0.0577. The summed E-state index contributed by atoms with van der Waals surface area (Å²) in [4.78, 5) is 15.5. The fourth-order valence-electron chi connectivity index (χ4n) is 2.18. The zero-order valence-electron chi connectivity index (χ0n) is 12.5. The molecule has 4 nitrogen and oxygen atoms in total. The minimum Gasteiger partial charge on any atom is -0.439 e. The van der Waals surface area contributed by atoms with Crippen molar-refractivity contribution in [1.82, 2.24) is 4.98 Å². The molecule has 1 aromatic heterocycles. The van der Waals surface area contributed by atoms with Gasteiger partial charge in [-0.3, -0.25) is 4.79 Å². The second-order valence-corrected chi connectivity index (χ2v) is 5.94. The van der Waals surface area contributed by atoms with E-state index in [1.807, 2.05) is 36.4 Å². The molecule has 1 N–H and O–H groups in total. The molecule has 0 spiro atoms. The van der Waals surface area contributed by atoms with Crippen LogP contribution < -0.4 is 5.32 Å². The summed E-state index contributed by atoms with van der Waals surface area (Å²) in [6, 6.07) is 15.2. The van der Waals surface area contributed by atoms with E-state index in [0.29, 0.717) is 18.0 Å². The number of nitrogens with one attached hydrogen (secondary N) is 1. The summed E-state index contributed by atoms with van der Waals surface area (Å²) in [5.41, 5.74) is 2.58. The van der Waals surface area contributed by atoms with E-state index in [0.717, 1.165) is 21.5 Å². The Morgan fingerprint density at radius 3 is 2.61 bits per heavy atom. The van der Waals surface area contributed by atoms with Crippen LogP contribution in [0.15, 0.2) is 63.6 Å². The van der Waals surface area contributed by atoms with Gasteiger partial charge in [0.15, 0.2) is 11.5 Å². The second kappa shape index (κ2) is 6.79. The van der Waals surface area contributed by atoms with Crippen LogP contribution in [0.25, 0.3) is 11.3 Å². The van der Waals surface area contributed by atoms with Crippen molar-refractivity contribution in [2.45, 2.75) is 13.5 Å². The molecule has 23 heavy (non-hydrogen) atoms. The molecule has 3 aromatic rings. The number of hydrogen-bond acceptors (Lipinski definition) is 4. The van der Waals surface area contributed by atoms with Crippen molar-refractivity contribution in [3.63, 3.8) is 0 Å². The van der Waals surface area contributed by atoms with Gasteiger partial charge in [0.05, 0.1) is 12.7 Å². The van der Waals surface area contributed by atoms with Gasteiger partial charge >= 0.3 is 0 Å². The number of ketones is 1. The first-order chi connectivity index (χ1) is 11.1. The van der Waals surface area contributed by atoms with E-state index >= 15 is 0 Å². The lowest BCUT2D eigenvalue weighted by Gasteiger charge is -2.04. The van der Waals surface area contributed by atoms with Crippen molar-refractivity contribution in [3.05, 3.63) is 70.7 Å². The Bertz CT molecular complexity index is 825. The van der Waals surface area contributed by atoms with Gasteiger partial charge in [-0.05, 0) is 37.3 Å². The highest BCUT2D eigenvalue weighted by molar-refractivity contribution is 9.10. The normalized spacial score (nSPS) is 10.5. The van der Waals surface area contributed by atoms with Gasteiger partial charge in [0, 0.05) is 21.3 Å². The van der Waals surface area contributed by atoms with Crippen molar-refractivity contribution in [2.75, 3.05) is 5.32 Å². The topological polar surface area (TPSA) is 55.1 Å². The highest BCUT2D eigenvalue weighted by Crippen LogP contribution is 2.28. The van der Waals surface area contributed by atoms with E-state index in [1.165, 1.54) is 0 Å². The summed E-state index contributed by atoms with van der Waals surface area (Å²) in [5.74, 6) is 1.38. The van der Waals surface area contributed by atoms with Gasteiger partial charge in [0.2, 0.25) is 5.89 Å². The highest BCUT2D eigenvalue weighted by atomic mass is 79.9. The number of rotatable bonds is 5. The third-order valence-corrected chi connectivity index (χ3v) is 4.12. The number of Topliss-reactive ketones (excluding diaryl/α,β-unsaturated/α-hetero) is 1. The van der Waals surface area contributed by atoms with Crippen LogP contribution in [0.2, 0.25) is 0 Å². The number of oxazole rings is 1. The zero-order valence-corrected chi connectivity index (χ0v) is 14.1. The van der Waals surface area contributed by atoms with Crippen molar-refractivity contribution >= 4 is 27.4 Å². The van der Waals surface area contributed by atoms with Gasteiger partial charge < -0.3 is 9.73 Å². The van der Waals surface area contributed by atoms with Gasteiger partial charge in [-0.15, -0.1) is 0 Å². The Balaban J connectivity index is 1.68. The average Bonchev–Trinajstić information content (AvgIpc) is 3.02. The van der Waals surface area contributed by atoms with Crippen molar-refractivity contribution in [2.24, 2.45) is 0 Å². The van der Waals surface area contributed by atoms with Gasteiger partial charge in [-0.1, -0.05) is 34.1 Å². The lowest BCUT2D eigenvalue weighted by Crippen LogP contribution is -2.00. The lowest BCUT2D eigenvalue weighted by atomic mass is 10.1. The standard InChI is InChI=1S/C18H15BrN2O2/c1-12(22)13-6-8-14(9-7-13)20-11-18-21-10-17(23-18)15-4-2-3-5-16(15)19/h2-10,20H,11H2,1H3. The molecule has 0 saturated carbocycles. The molecule has 0 atom stereocenters. The number of carbonyl (C=O) groups is 1. The van der Waals surface area contributed by atoms with Gasteiger partial charge in [0.25, 0.3) is 0 Å². The Morgan fingerprint density at radius 1 is 1.17 bits per heavy atom. The van der Waals surface area contributed by atoms with Crippen LogP contribution in [0.4, 0.5) is 5.69 Å². The van der Waals surface area contributed by atoms with Crippen LogP contribution >= 0.6 is 15.9 Å². The quantitative estimate of drug-likeness (QED) is 0.647. The summed E-state index contributed by atoms with van der Waals surface area (Å²) < 4.78 is 6.74. The zero-order chi connectivity index (χ0) is 16.2. The Morgan fingerprint density at radius 2 is 1.91 bits per heavy atom. The molecule has 0 saturated heterocycles. The fraction of sp³-hybridized carbons (Fsp3) is 0.111. The van der Waals surface area contributed by atoms with E-state index in [-0.39, 0.29) is 5.78 Å². The third-order valence-electron chi connectivity index (χ3n) is 3.43. The first-order valence-corrected chi connectivity index (χ1v) is 7.97. The lowest BCUT2D eigenvalue weighted by molar-refractivity contribution is 0.101. The number of carbonyl (C=O) groups excluding carboxylic acids is 1. The molecular weight excluding hydrogens is 356 g/mol. The number of halogens is 1. The van der Waals surface area contributed by atoms with E-state index in [9.17, 15) is 4.79 Å². The van der Waals surface area contributed by atoms with Gasteiger partial charge in [-0.2, -0.15) is 0 Å². The number of aromatic nitrogens is 1. The number of benzene rings is 2. The summed E-state index contributed by atoms with van der Waals surface area (Å²) in [5, 5.41) is 3.23. The molecule has 0 radical (unpaired) electrons. The molecule has 0 unspecified atom stereocenters. The average molecular weight is 371 g/mol. The van der Waals surface area contributed by atoms with Crippen molar-refractivity contribution in [1.29, 1.82) is 0 Å². The van der Waals surface area contributed by atoms with Gasteiger partial charge in [0.1, 0.15) is 0 Å². The van der Waals surface area contributed by atoms with Crippen LogP contribution in [-0.4, -0.2) is 10.8 Å². The third kappa shape index (κ3) is 3.68. The van der Waals surface area contributed by atoms with E-state index in [4.69, 9.17) is 4.42 Å². The summed E-state index contributed by atoms with van der Waals surface area (Å²) in [6.07, 6.45) is 1.72.